The molecule has 1 heterocycles. The summed E-state index contributed by atoms with van der Waals surface area (Å²) in [5.41, 5.74) is 3.42. The minimum atomic E-state index is -3.57. The average Bonchev–Trinajstić information content (AvgIpc) is 3.09. The molecular weight excluding hydrogens is 368 g/mol. The van der Waals surface area contributed by atoms with Gasteiger partial charge in [0.1, 0.15) is 10.8 Å². The Morgan fingerprint density at radius 1 is 1.12 bits per heavy atom. The number of nitrogens with one attached hydrogen (secondary N) is 1. The number of aromatic nitrogens is 1. The monoisotopic (exact) mass is 388 g/mol. The van der Waals surface area contributed by atoms with E-state index in [4.69, 9.17) is 4.74 Å². The molecule has 0 aliphatic carbocycles. The van der Waals surface area contributed by atoms with Crippen molar-refractivity contribution in [2.45, 2.75) is 25.3 Å². The third kappa shape index (κ3) is 4.12. The lowest BCUT2D eigenvalue weighted by atomic mass is 10.2. The lowest BCUT2D eigenvalue weighted by Crippen LogP contribution is -2.24. The Labute approximate surface area is 157 Å². The van der Waals surface area contributed by atoms with Crippen LogP contribution in [-0.4, -0.2) is 20.5 Å². The Kier molecular flexibility index (Phi) is 5.41. The van der Waals surface area contributed by atoms with Gasteiger partial charge in [-0.3, -0.25) is 0 Å². The maximum Gasteiger partial charge on any atom is 0.241 e. The van der Waals surface area contributed by atoms with Crippen LogP contribution in [0.1, 0.15) is 16.8 Å². The quantitative estimate of drug-likeness (QED) is 0.695. The van der Waals surface area contributed by atoms with Gasteiger partial charge in [0.05, 0.1) is 24.2 Å². The minimum absolute atomic E-state index is 0.155. The highest BCUT2D eigenvalue weighted by molar-refractivity contribution is 7.89. The van der Waals surface area contributed by atoms with Crippen molar-refractivity contribution >= 4 is 21.4 Å². The molecule has 5 nitrogen and oxygen atoms in total. The largest absolute Gasteiger partial charge is 0.497 e. The lowest BCUT2D eigenvalue weighted by molar-refractivity contribution is 0.415. The van der Waals surface area contributed by atoms with Gasteiger partial charge in [-0.2, -0.15) is 0 Å². The first-order valence-corrected chi connectivity index (χ1v) is 10.4. The first kappa shape index (κ1) is 18.6. The number of methoxy groups -OCH3 is 1. The molecule has 0 amide bonds. The van der Waals surface area contributed by atoms with Crippen LogP contribution in [0.25, 0.3) is 10.6 Å². The van der Waals surface area contributed by atoms with Crippen LogP contribution in [0, 0.1) is 13.8 Å². The highest BCUT2D eigenvalue weighted by atomic mass is 32.2. The third-order valence-electron chi connectivity index (χ3n) is 3.95. The fourth-order valence-corrected chi connectivity index (χ4v) is 4.65. The number of hydrogen-bond acceptors (Lipinski definition) is 5. The predicted molar refractivity (Wildman–Crippen MR) is 104 cm³/mol. The molecule has 0 bridgehead atoms. The molecule has 0 fully saturated rings. The SMILES string of the molecule is COc1ccc(-c2nc(CNS(=O)(=O)c3ccc(C)cc3C)cs2)cc1. The summed E-state index contributed by atoms with van der Waals surface area (Å²) >= 11 is 1.48. The normalized spacial score (nSPS) is 11.5. The molecule has 0 spiro atoms. The molecule has 26 heavy (non-hydrogen) atoms. The molecule has 0 aliphatic rings. The van der Waals surface area contributed by atoms with Crippen LogP contribution in [0.4, 0.5) is 0 Å². The molecule has 0 unspecified atom stereocenters. The second kappa shape index (κ2) is 7.57. The van der Waals surface area contributed by atoms with E-state index in [0.717, 1.165) is 27.4 Å². The van der Waals surface area contributed by atoms with Gasteiger partial charge >= 0.3 is 0 Å². The van der Waals surface area contributed by atoms with E-state index in [2.05, 4.69) is 9.71 Å². The first-order valence-electron chi connectivity index (χ1n) is 8.05. The van der Waals surface area contributed by atoms with Crippen LogP contribution in [0.2, 0.25) is 0 Å². The van der Waals surface area contributed by atoms with Gasteiger partial charge in [-0.15, -0.1) is 11.3 Å². The summed E-state index contributed by atoms with van der Waals surface area (Å²) in [4.78, 5) is 4.82. The Morgan fingerprint density at radius 3 is 2.50 bits per heavy atom. The Morgan fingerprint density at radius 2 is 1.85 bits per heavy atom. The first-order chi connectivity index (χ1) is 12.4. The van der Waals surface area contributed by atoms with Gasteiger partial charge in [-0.25, -0.2) is 18.1 Å². The molecule has 1 aromatic heterocycles. The van der Waals surface area contributed by atoms with E-state index in [1.165, 1.54) is 11.3 Å². The van der Waals surface area contributed by atoms with Gasteiger partial charge in [0.2, 0.25) is 10.0 Å². The maximum atomic E-state index is 12.5. The Bertz CT molecular complexity index is 1010. The summed E-state index contributed by atoms with van der Waals surface area (Å²) < 4.78 is 32.9. The van der Waals surface area contributed by atoms with Crippen LogP contribution in [0.3, 0.4) is 0 Å². The summed E-state index contributed by atoms with van der Waals surface area (Å²) in [5.74, 6) is 0.784. The smallest absolute Gasteiger partial charge is 0.241 e. The van der Waals surface area contributed by atoms with Crippen LogP contribution in [0.5, 0.6) is 5.75 Å². The van der Waals surface area contributed by atoms with Gasteiger partial charge < -0.3 is 4.74 Å². The van der Waals surface area contributed by atoms with Crippen molar-refractivity contribution in [3.05, 3.63) is 64.7 Å². The maximum absolute atomic E-state index is 12.5. The molecular formula is C19H20N2O3S2. The zero-order valence-electron chi connectivity index (χ0n) is 14.8. The van der Waals surface area contributed by atoms with Gasteiger partial charge in [0.25, 0.3) is 0 Å². The van der Waals surface area contributed by atoms with Crippen molar-refractivity contribution in [1.29, 1.82) is 0 Å². The number of ether oxygens (including phenoxy) is 1. The summed E-state index contributed by atoms with van der Waals surface area (Å²) in [6.45, 7) is 3.89. The summed E-state index contributed by atoms with van der Waals surface area (Å²) in [5, 5.41) is 2.71. The molecule has 0 saturated heterocycles. The molecule has 7 heteroatoms. The zero-order valence-corrected chi connectivity index (χ0v) is 16.4. The molecule has 0 aliphatic heterocycles. The van der Waals surface area contributed by atoms with Crippen molar-refractivity contribution in [2.24, 2.45) is 0 Å². The highest BCUT2D eigenvalue weighted by Crippen LogP contribution is 2.26. The topological polar surface area (TPSA) is 68.3 Å². The van der Waals surface area contributed by atoms with Crippen LogP contribution < -0.4 is 9.46 Å². The van der Waals surface area contributed by atoms with E-state index in [1.807, 2.05) is 42.6 Å². The molecule has 3 aromatic rings. The molecule has 0 radical (unpaired) electrons. The zero-order chi connectivity index (χ0) is 18.7. The van der Waals surface area contributed by atoms with Crippen molar-refractivity contribution in [3.63, 3.8) is 0 Å². The molecule has 136 valence electrons. The van der Waals surface area contributed by atoms with E-state index in [9.17, 15) is 8.42 Å². The Balaban J connectivity index is 1.72. The number of aryl methyl sites for hydroxylation is 2. The lowest BCUT2D eigenvalue weighted by Gasteiger charge is -2.09. The summed E-state index contributed by atoms with van der Waals surface area (Å²) in [6, 6.07) is 12.9. The third-order valence-corrected chi connectivity index (χ3v) is 6.45. The van der Waals surface area contributed by atoms with Crippen molar-refractivity contribution in [2.75, 3.05) is 7.11 Å². The predicted octanol–water partition coefficient (Wildman–Crippen LogP) is 3.91. The number of hydrogen-bond donors (Lipinski definition) is 1. The van der Waals surface area contributed by atoms with Gasteiger partial charge in [0, 0.05) is 10.9 Å². The van der Waals surface area contributed by atoms with Gasteiger partial charge in [-0.05, 0) is 49.7 Å². The minimum Gasteiger partial charge on any atom is -0.497 e. The standard InChI is InChI=1S/C19H20N2O3S2/c1-13-4-9-18(14(2)10-13)26(22,23)20-11-16-12-25-19(21-16)15-5-7-17(24-3)8-6-15/h4-10,12,20H,11H2,1-3H3. The molecule has 2 aromatic carbocycles. The number of nitrogens with zero attached hydrogens (tertiary/aromatic N) is 1. The second-order valence-electron chi connectivity index (χ2n) is 5.97. The van der Waals surface area contributed by atoms with Crippen molar-refractivity contribution < 1.29 is 13.2 Å². The van der Waals surface area contributed by atoms with E-state index in [0.29, 0.717) is 10.6 Å². The molecule has 0 atom stereocenters. The van der Waals surface area contributed by atoms with Crippen LogP contribution >= 0.6 is 11.3 Å². The van der Waals surface area contributed by atoms with Gasteiger partial charge in [-0.1, -0.05) is 17.7 Å². The van der Waals surface area contributed by atoms with Crippen molar-refractivity contribution in [3.8, 4) is 16.3 Å². The van der Waals surface area contributed by atoms with E-state index in [1.54, 1.807) is 26.2 Å². The molecule has 0 saturated carbocycles. The summed E-state index contributed by atoms with van der Waals surface area (Å²) in [6.07, 6.45) is 0. The van der Waals surface area contributed by atoms with E-state index >= 15 is 0 Å². The van der Waals surface area contributed by atoms with E-state index in [-0.39, 0.29) is 6.54 Å². The van der Waals surface area contributed by atoms with Crippen molar-refractivity contribution in [1.82, 2.24) is 9.71 Å². The average molecular weight is 389 g/mol. The fourth-order valence-electron chi connectivity index (χ4n) is 2.60. The second-order valence-corrected chi connectivity index (χ2v) is 8.56. The molecule has 3 rings (SSSR count). The highest BCUT2D eigenvalue weighted by Gasteiger charge is 2.17. The number of rotatable bonds is 6. The number of thiazole rings is 1. The molecule has 1 N–H and O–H groups in total. The van der Waals surface area contributed by atoms with Crippen LogP contribution in [-0.2, 0) is 16.6 Å². The summed E-state index contributed by atoms with van der Waals surface area (Å²) in [7, 11) is -1.95. The fraction of sp³-hybridized carbons (Fsp3) is 0.211. The Hall–Kier alpha value is -2.22. The number of benzene rings is 2. The van der Waals surface area contributed by atoms with E-state index < -0.39 is 10.0 Å². The number of sulfonamides is 1. The van der Waals surface area contributed by atoms with Crippen LogP contribution in [0.15, 0.2) is 52.7 Å². The van der Waals surface area contributed by atoms with Gasteiger partial charge in [0.15, 0.2) is 0 Å².